The third-order valence-electron chi connectivity index (χ3n) is 4.85. The average Bonchev–Trinajstić information content (AvgIpc) is 3.19. The van der Waals surface area contributed by atoms with E-state index < -0.39 is 38.7 Å². The van der Waals surface area contributed by atoms with Crippen LogP contribution in [0.3, 0.4) is 0 Å². The van der Waals surface area contributed by atoms with Crippen molar-refractivity contribution in [2.24, 2.45) is 0 Å². The zero-order chi connectivity index (χ0) is 23.8. The van der Waals surface area contributed by atoms with E-state index in [1.807, 2.05) is 0 Å². The molecule has 2 aromatic carbocycles. The molecule has 0 saturated heterocycles. The molecule has 170 valence electrons. The van der Waals surface area contributed by atoms with Gasteiger partial charge < -0.3 is 0 Å². The zero-order valence-corrected chi connectivity index (χ0v) is 18.8. The SMILES string of the molecule is CCCS(=O)(=O)Nc1ccc(F)c(C(=O)c2n[nH]c3ncc(-c4cccc(Cl)c4)cc23)c1F. The number of hydrogen-bond donors (Lipinski definition) is 2. The normalized spacial score (nSPS) is 11.6. The van der Waals surface area contributed by atoms with Crippen LogP contribution in [0, 0.1) is 11.6 Å². The monoisotopic (exact) mass is 490 g/mol. The van der Waals surface area contributed by atoms with Gasteiger partial charge in [0.25, 0.3) is 0 Å². The lowest BCUT2D eigenvalue weighted by Crippen LogP contribution is -2.18. The minimum Gasteiger partial charge on any atom is -0.287 e. The molecule has 0 fully saturated rings. The number of nitrogens with zero attached hydrogens (tertiary/aromatic N) is 2. The Bertz CT molecular complexity index is 1490. The van der Waals surface area contributed by atoms with E-state index in [0.717, 1.165) is 17.7 Å². The molecule has 11 heteroatoms. The van der Waals surface area contributed by atoms with Crippen molar-refractivity contribution in [2.75, 3.05) is 10.5 Å². The molecular weight excluding hydrogens is 474 g/mol. The second-order valence-corrected chi connectivity index (χ2v) is 9.52. The second-order valence-electron chi connectivity index (χ2n) is 7.24. The van der Waals surface area contributed by atoms with E-state index in [4.69, 9.17) is 11.6 Å². The highest BCUT2D eigenvalue weighted by Gasteiger charge is 2.27. The Balaban J connectivity index is 1.79. The number of anilines is 1. The number of carbonyl (C=O) groups is 1. The highest BCUT2D eigenvalue weighted by molar-refractivity contribution is 7.92. The van der Waals surface area contributed by atoms with Crippen molar-refractivity contribution in [2.45, 2.75) is 13.3 Å². The van der Waals surface area contributed by atoms with Crippen molar-refractivity contribution in [3.63, 3.8) is 0 Å². The number of benzene rings is 2. The first-order chi connectivity index (χ1) is 15.7. The van der Waals surface area contributed by atoms with Crippen molar-refractivity contribution in [1.82, 2.24) is 15.2 Å². The molecular formula is C22H17ClF2N4O3S. The number of carbonyl (C=O) groups excluding carboxylic acids is 1. The molecule has 7 nitrogen and oxygen atoms in total. The molecule has 2 heterocycles. The zero-order valence-electron chi connectivity index (χ0n) is 17.2. The van der Waals surface area contributed by atoms with Gasteiger partial charge in [-0.3, -0.25) is 14.6 Å². The Morgan fingerprint density at radius 2 is 1.94 bits per heavy atom. The number of H-pyrrole nitrogens is 1. The van der Waals surface area contributed by atoms with Gasteiger partial charge in [-0.05, 0) is 42.3 Å². The topological polar surface area (TPSA) is 105 Å². The molecule has 0 saturated carbocycles. The molecule has 4 rings (SSSR count). The summed E-state index contributed by atoms with van der Waals surface area (Å²) in [6.45, 7) is 1.64. The van der Waals surface area contributed by atoms with Crippen molar-refractivity contribution >= 4 is 44.1 Å². The van der Waals surface area contributed by atoms with Gasteiger partial charge >= 0.3 is 0 Å². The number of sulfonamides is 1. The quantitative estimate of drug-likeness (QED) is 0.357. The summed E-state index contributed by atoms with van der Waals surface area (Å²) in [7, 11) is -3.86. The number of aromatic nitrogens is 3. The minimum absolute atomic E-state index is 0.241. The standard InChI is InChI=1S/C22H17ClF2N4O3S/c1-2-8-33(31,32)29-17-7-6-16(24)18(19(17)25)21(30)20-15-10-13(11-26-22(15)28-27-20)12-4-3-5-14(23)9-12/h3-7,9-11,29H,2,8H2,1H3,(H,26,27,28). The lowest BCUT2D eigenvalue weighted by Gasteiger charge is -2.11. The van der Waals surface area contributed by atoms with Crippen LogP contribution in [0.15, 0.2) is 48.7 Å². The number of fused-ring (bicyclic) bond motifs is 1. The predicted octanol–water partition coefficient (Wildman–Crippen LogP) is 4.94. The average molecular weight is 491 g/mol. The van der Waals surface area contributed by atoms with Gasteiger partial charge in [0, 0.05) is 16.8 Å². The van der Waals surface area contributed by atoms with Gasteiger partial charge in [-0.1, -0.05) is 30.7 Å². The van der Waals surface area contributed by atoms with Gasteiger partial charge in [-0.15, -0.1) is 0 Å². The molecule has 2 N–H and O–H groups in total. The molecule has 0 aliphatic heterocycles. The van der Waals surface area contributed by atoms with Crippen LogP contribution >= 0.6 is 11.6 Å². The molecule has 0 aliphatic rings. The largest absolute Gasteiger partial charge is 0.287 e. The van der Waals surface area contributed by atoms with Crippen LogP contribution < -0.4 is 4.72 Å². The highest BCUT2D eigenvalue weighted by atomic mass is 35.5. The summed E-state index contributed by atoms with van der Waals surface area (Å²) < 4.78 is 55.7. The van der Waals surface area contributed by atoms with E-state index >= 15 is 4.39 Å². The van der Waals surface area contributed by atoms with Gasteiger partial charge in [-0.25, -0.2) is 22.2 Å². The lowest BCUT2D eigenvalue weighted by atomic mass is 10.0. The van der Waals surface area contributed by atoms with Gasteiger partial charge in [0.2, 0.25) is 15.8 Å². The summed E-state index contributed by atoms with van der Waals surface area (Å²) in [5.41, 5.74) is -0.125. The first kappa shape index (κ1) is 22.8. The van der Waals surface area contributed by atoms with E-state index in [1.165, 1.54) is 0 Å². The number of pyridine rings is 1. The third-order valence-corrected chi connectivity index (χ3v) is 6.56. The molecule has 33 heavy (non-hydrogen) atoms. The van der Waals surface area contributed by atoms with E-state index in [1.54, 1.807) is 43.5 Å². The summed E-state index contributed by atoms with van der Waals surface area (Å²) in [4.78, 5) is 17.3. The highest BCUT2D eigenvalue weighted by Crippen LogP contribution is 2.29. The number of hydrogen-bond acceptors (Lipinski definition) is 5. The minimum atomic E-state index is -3.86. The molecule has 4 aromatic rings. The number of halogens is 3. The maximum atomic E-state index is 15.1. The van der Waals surface area contributed by atoms with Crippen molar-refractivity contribution in [3.8, 4) is 11.1 Å². The Labute approximate surface area is 192 Å². The van der Waals surface area contributed by atoms with Crippen LogP contribution in [-0.2, 0) is 10.0 Å². The lowest BCUT2D eigenvalue weighted by molar-refractivity contribution is 0.102. The Hall–Kier alpha value is -3.37. The van der Waals surface area contributed by atoms with Gasteiger partial charge in [0.15, 0.2) is 11.5 Å². The molecule has 0 radical (unpaired) electrons. The Morgan fingerprint density at radius 3 is 2.67 bits per heavy atom. The number of aromatic amines is 1. The van der Waals surface area contributed by atoms with Crippen molar-refractivity contribution < 1.29 is 22.0 Å². The molecule has 0 spiro atoms. The number of rotatable bonds is 7. The number of ketones is 1. The van der Waals surface area contributed by atoms with Gasteiger partial charge in [0.1, 0.15) is 11.5 Å². The number of nitrogens with one attached hydrogen (secondary N) is 2. The van der Waals surface area contributed by atoms with Crippen LogP contribution in [0.1, 0.15) is 29.4 Å². The summed E-state index contributed by atoms with van der Waals surface area (Å²) in [6, 6.07) is 10.3. The van der Waals surface area contributed by atoms with Crippen LogP contribution in [-0.4, -0.2) is 35.1 Å². The molecule has 0 amide bonds. The third kappa shape index (κ3) is 4.57. The van der Waals surface area contributed by atoms with Crippen LogP contribution in [0.4, 0.5) is 14.5 Å². The van der Waals surface area contributed by atoms with Crippen LogP contribution in [0.2, 0.25) is 5.02 Å². The molecule has 0 bridgehead atoms. The first-order valence-electron chi connectivity index (χ1n) is 9.83. The fourth-order valence-electron chi connectivity index (χ4n) is 3.35. The van der Waals surface area contributed by atoms with Gasteiger partial charge in [0.05, 0.1) is 22.4 Å². The predicted molar refractivity (Wildman–Crippen MR) is 122 cm³/mol. The fraction of sp³-hybridized carbons (Fsp3) is 0.136. The summed E-state index contributed by atoms with van der Waals surface area (Å²) in [5.74, 6) is -3.78. The first-order valence-corrected chi connectivity index (χ1v) is 11.9. The van der Waals surface area contributed by atoms with Crippen molar-refractivity contribution in [3.05, 3.63) is 76.6 Å². The second kappa shape index (κ2) is 8.87. The molecule has 0 aliphatic carbocycles. The molecule has 0 atom stereocenters. The van der Waals surface area contributed by atoms with E-state index in [0.29, 0.717) is 17.0 Å². The van der Waals surface area contributed by atoms with Crippen LogP contribution in [0.25, 0.3) is 22.2 Å². The summed E-state index contributed by atoms with van der Waals surface area (Å²) >= 11 is 6.04. The maximum absolute atomic E-state index is 15.1. The van der Waals surface area contributed by atoms with Crippen molar-refractivity contribution in [1.29, 1.82) is 0 Å². The summed E-state index contributed by atoms with van der Waals surface area (Å²) in [5, 5.41) is 7.22. The fourth-order valence-corrected chi connectivity index (χ4v) is 4.67. The van der Waals surface area contributed by atoms with E-state index in [9.17, 15) is 17.6 Å². The van der Waals surface area contributed by atoms with Crippen LogP contribution in [0.5, 0.6) is 0 Å². The van der Waals surface area contributed by atoms with Gasteiger partial charge in [-0.2, -0.15) is 5.10 Å². The smallest absolute Gasteiger partial charge is 0.232 e. The Morgan fingerprint density at radius 1 is 1.15 bits per heavy atom. The van der Waals surface area contributed by atoms with E-state index in [-0.39, 0.29) is 22.5 Å². The molecule has 2 aromatic heterocycles. The Kier molecular flexibility index (Phi) is 6.13. The summed E-state index contributed by atoms with van der Waals surface area (Å²) in [6.07, 6.45) is 1.84. The van der Waals surface area contributed by atoms with E-state index in [2.05, 4.69) is 19.9 Å². The molecule has 0 unspecified atom stereocenters. The maximum Gasteiger partial charge on any atom is 0.232 e.